The first kappa shape index (κ1) is 19.9. The summed E-state index contributed by atoms with van der Waals surface area (Å²) >= 11 is 0. The van der Waals surface area contributed by atoms with Gasteiger partial charge in [-0.3, -0.25) is 4.79 Å². The number of aromatic amines is 1. The van der Waals surface area contributed by atoms with Crippen molar-refractivity contribution in [2.75, 3.05) is 20.3 Å². The number of H-pyrrole nitrogens is 1. The third kappa shape index (κ3) is 4.44. The van der Waals surface area contributed by atoms with Crippen LogP contribution in [-0.4, -0.2) is 54.3 Å². The second-order valence-corrected chi connectivity index (χ2v) is 7.10. The first-order valence-electron chi connectivity index (χ1n) is 9.78. The Balaban J connectivity index is 1.44. The molecule has 2 atom stereocenters. The highest BCUT2D eigenvalue weighted by Gasteiger charge is 2.24. The second-order valence-electron chi connectivity index (χ2n) is 7.10. The summed E-state index contributed by atoms with van der Waals surface area (Å²) in [5.74, 6) is -0.485. The lowest BCUT2D eigenvalue weighted by Crippen LogP contribution is -2.43. The minimum atomic E-state index is -0.826. The quantitative estimate of drug-likeness (QED) is 0.580. The van der Waals surface area contributed by atoms with E-state index in [9.17, 15) is 9.59 Å². The van der Waals surface area contributed by atoms with Gasteiger partial charge in [0.2, 0.25) is 5.88 Å². The lowest BCUT2D eigenvalue weighted by atomic mass is 10.0. The van der Waals surface area contributed by atoms with Crippen LogP contribution >= 0.6 is 0 Å². The molecule has 1 aliphatic rings. The first-order chi connectivity index (χ1) is 14.6. The van der Waals surface area contributed by atoms with E-state index in [4.69, 9.17) is 14.2 Å². The van der Waals surface area contributed by atoms with Crippen molar-refractivity contribution in [2.45, 2.75) is 25.0 Å². The van der Waals surface area contributed by atoms with Gasteiger partial charge in [0.1, 0.15) is 12.1 Å². The molecular formula is C22H23N3O5. The van der Waals surface area contributed by atoms with Crippen molar-refractivity contribution >= 4 is 22.8 Å². The number of rotatable bonds is 7. The topological polar surface area (TPSA) is 103 Å². The van der Waals surface area contributed by atoms with Crippen molar-refractivity contribution < 1.29 is 23.8 Å². The molecule has 1 fully saturated rings. The number of pyridine rings is 1. The molecule has 30 heavy (non-hydrogen) atoms. The van der Waals surface area contributed by atoms with Crippen molar-refractivity contribution in [1.82, 2.24) is 15.3 Å². The van der Waals surface area contributed by atoms with Gasteiger partial charge in [0.15, 0.2) is 0 Å². The number of hydrogen-bond donors (Lipinski definition) is 2. The fourth-order valence-corrected chi connectivity index (χ4v) is 3.46. The van der Waals surface area contributed by atoms with Crippen molar-refractivity contribution in [3.8, 4) is 5.88 Å². The van der Waals surface area contributed by atoms with Gasteiger partial charge < -0.3 is 24.5 Å². The highest BCUT2D eigenvalue weighted by atomic mass is 16.5. The number of aromatic nitrogens is 2. The van der Waals surface area contributed by atoms with Crippen LogP contribution in [0.5, 0.6) is 5.88 Å². The highest BCUT2D eigenvalue weighted by molar-refractivity contribution is 5.96. The van der Waals surface area contributed by atoms with E-state index in [2.05, 4.69) is 15.3 Å². The smallest absolute Gasteiger partial charge is 0.328 e. The molecule has 0 radical (unpaired) electrons. The van der Waals surface area contributed by atoms with E-state index >= 15 is 0 Å². The third-order valence-electron chi connectivity index (χ3n) is 5.06. The fourth-order valence-electron chi connectivity index (χ4n) is 3.46. The van der Waals surface area contributed by atoms with E-state index in [0.29, 0.717) is 31.1 Å². The molecular weight excluding hydrogens is 386 g/mol. The Labute approximate surface area is 173 Å². The number of carbonyl (C=O) groups is 2. The minimum absolute atomic E-state index is 0.0166. The molecule has 156 valence electrons. The molecule has 0 saturated carbocycles. The van der Waals surface area contributed by atoms with Crippen LogP contribution in [0.15, 0.2) is 48.8 Å². The van der Waals surface area contributed by atoms with E-state index in [-0.39, 0.29) is 6.10 Å². The molecule has 3 heterocycles. The minimum Gasteiger partial charge on any atom is -0.472 e. The van der Waals surface area contributed by atoms with E-state index in [1.54, 1.807) is 12.1 Å². The first-order valence-corrected chi connectivity index (χ1v) is 9.78. The molecule has 2 N–H and O–H groups in total. The van der Waals surface area contributed by atoms with Crippen LogP contribution in [0.2, 0.25) is 0 Å². The summed E-state index contributed by atoms with van der Waals surface area (Å²) < 4.78 is 15.9. The Kier molecular flexibility index (Phi) is 5.94. The van der Waals surface area contributed by atoms with Gasteiger partial charge in [0, 0.05) is 42.2 Å². The lowest BCUT2D eigenvalue weighted by Gasteiger charge is -2.16. The summed E-state index contributed by atoms with van der Waals surface area (Å²) in [5.41, 5.74) is 2.22. The summed E-state index contributed by atoms with van der Waals surface area (Å²) in [6.45, 7) is 1.22. The van der Waals surface area contributed by atoms with Crippen molar-refractivity contribution in [3.05, 3.63) is 59.9 Å². The van der Waals surface area contributed by atoms with Crippen molar-refractivity contribution in [2.24, 2.45) is 0 Å². The van der Waals surface area contributed by atoms with Crippen LogP contribution in [0.4, 0.5) is 0 Å². The number of hydrogen-bond acceptors (Lipinski definition) is 6. The predicted molar refractivity (Wildman–Crippen MR) is 109 cm³/mol. The number of para-hydroxylation sites is 1. The Morgan fingerprint density at radius 1 is 1.30 bits per heavy atom. The molecule has 1 amide bonds. The van der Waals surface area contributed by atoms with E-state index in [1.165, 1.54) is 13.3 Å². The van der Waals surface area contributed by atoms with Crippen LogP contribution in [0.3, 0.4) is 0 Å². The number of esters is 1. The standard InChI is InChI=1S/C22H23N3O5/c1-28-22(27)19(10-15-12-23-18-5-3-2-4-17(15)18)25-21(26)14-6-7-20(24-11-14)30-16-8-9-29-13-16/h2-7,11-12,16,19,23H,8-10,13H2,1H3,(H,25,26). The summed E-state index contributed by atoms with van der Waals surface area (Å²) in [4.78, 5) is 32.4. The van der Waals surface area contributed by atoms with Gasteiger partial charge in [-0.05, 0) is 17.7 Å². The Bertz CT molecular complexity index is 1020. The largest absolute Gasteiger partial charge is 0.472 e. The predicted octanol–water partition coefficient (Wildman–Crippen LogP) is 2.24. The van der Waals surface area contributed by atoms with Gasteiger partial charge >= 0.3 is 5.97 Å². The van der Waals surface area contributed by atoms with E-state index in [0.717, 1.165) is 22.9 Å². The molecule has 8 heteroatoms. The molecule has 1 aromatic carbocycles. The summed E-state index contributed by atoms with van der Waals surface area (Å²) in [7, 11) is 1.30. The maximum absolute atomic E-state index is 12.7. The van der Waals surface area contributed by atoms with Gasteiger partial charge in [-0.25, -0.2) is 9.78 Å². The van der Waals surface area contributed by atoms with Crippen molar-refractivity contribution in [1.29, 1.82) is 0 Å². The summed E-state index contributed by atoms with van der Waals surface area (Å²) in [6.07, 6.45) is 4.38. The molecule has 4 rings (SSSR count). The number of fused-ring (bicyclic) bond motifs is 1. The maximum Gasteiger partial charge on any atom is 0.328 e. The average Bonchev–Trinajstić information content (AvgIpc) is 3.43. The molecule has 8 nitrogen and oxygen atoms in total. The number of amides is 1. The Morgan fingerprint density at radius 3 is 2.90 bits per heavy atom. The normalized spacial score (nSPS) is 16.9. The van der Waals surface area contributed by atoms with Gasteiger partial charge in [0.25, 0.3) is 5.91 Å². The lowest BCUT2D eigenvalue weighted by molar-refractivity contribution is -0.142. The van der Waals surface area contributed by atoms with Crippen LogP contribution < -0.4 is 10.1 Å². The third-order valence-corrected chi connectivity index (χ3v) is 5.06. The molecule has 2 aromatic heterocycles. The zero-order valence-electron chi connectivity index (χ0n) is 16.6. The zero-order chi connectivity index (χ0) is 20.9. The monoisotopic (exact) mass is 409 g/mol. The van der Waals surface area contributed by atoms with Crippen LogP contribution in [0.25, 0.3) is 10.9 Å². The number of ether oxygens (including phenoxy) is 3. The van der Waals surface area contributed by atoms with Gasteiger partial charge in [-0.1, -0.05) is 18.2 Å². The van der Waals surface area contributed by atoms with Gasteiger partial charge in [0.05, 0.1) is 25.9 Å². The molecule has 3 aromatic rings. The van der Waals surface area contributed by atoms with Crippen LogP contribution in [0.1, 0.15) is 22.3 Å². The highest BCUT2D eigenvalue weighted by Crippen LogP contribution is 2.20. The number of nitrogens with zero attached hydrogens (tertiary/aromatic N) is 1. The zero-order valence-corrected chi connectivity index (χ0v) is 16.6. The Hall–Kier alpha value is -3.39. The number of benzene rings is 1. The SMILES string of the molecule is COC(=O)C(Cc1c[nH]c2ccccc12)NC(=O)c1ccc(OC2CCOC2)nc1. The Morgan fingerprint density at radius 2 is 2.17 bits per heavy atom. The van der Waals surface area contributed by atoms with Gasteiger partial charge in [-0.15, -0.1) is 0 Å². The molecule has 0 spiro atoms. The summed E-state index contributed by atoms with van der Waals surface area (Å²) in [6, 6.07) is 10.2. The van der Waals surface area contributed by atoms with Crippen LogP contribution in [0, 0.1) is 0 Å². The average molecular weight is 409 g/mol. The van der Waals surface area contributed by atoms with E-state index in [1.807, 2.05) is 30.5 Å². The molecule has 1 saturated heterocycles. The fraction of sp³-hybridized carbons (Fsp3) is 0.318. The van der Waals surface area contributed by atoms with E-state index < -0.39 is 17.9 Å². The molecule has 0 aliphatic carbocycles. The number of carbonyl (C=O) groups excluding carboxylic acids is 2. The van der Waals surface area contributed by atoms with Crippen LogP contribution in [-0.2, 0) is 20.7 Å². The molecule has 2 unspecified atom stereocenters. The van der Waals surface area contributed by atoms with Crippen molar-refractivity contribution in [3.63, 3.8) is 0 Å². The molecule has 0 bridgehead atoms. The van der Waals surface area contributed by atoms with Gasteiger partial charge in [-0.2, -0.15) is 0 Å². The maximum atomic E-state index is 12.7. The number of nitrogens with one attached hydrogen (secondary N) is 2. The second kappa shape index (κ2) is 8.96. The number of methoxy groups -OCH3 is 1. The summed E-state index contributed by atoms with van der Waals surface area (Å²) in [5, 5.41) is 3.75. The molecule has 1 aliphatic heterocycles.